The maximum absolute atomic E-state index is 12.1. The SMILES string of the molecule is CCC(CNC)C(=O)Nc1ccc2c(c1)CCC2. The number of carbonyl (C=O) groups excluding carboxylic acids is 1. The number of hydrogen-bond donors (Lipinski definition) is 2. The molecule has 0 radical (unpaired) electrons. The number of anilines is 1. The molecule has 0 fully saturated rings. The third-order valence-corrected chi connectivity index (χ3v) is 3.68. The van der Waals surface area contributed by atoms with Crippen LogP contribution in [0.5, 0.6) is 0 Å². The molecule has 18 heavy (non-hydrogen) atoms. The van der Waals surface area contributed by atoms with Crippen molar-refractivity contribution in [3.8, 4) is 0 Å². The first-order chi connectivity index (χ1) is 8.74. The Hall–Kier alpha value is -1.35. The summed E-state index contributed by atoms with van der Waals surface area (Å²) in [6.45, 7) is 2.78. The Labute approximate surface area is 109 Å². The van der Waals surface area contributed by atoms with Crippen LogP contribution in [0.25, 0.3) is 0 Å². The van der Waals surface area contributed by atoms with Gasteiger partial charge in [0.2, 0.25) is 5.91 Å². The third-order valence-electron chi connectivity index (χ3n) is 3.68. The zero-order valence-corrected chi connectivity index (χ0v) is 11.3. The summed E-state index contributed by atoms with van der Waals surface area (Å²) in [6, 6.07) is 6.30. The van der Waals surface area contributed by atoms with Crippen LogP contribution in [0.1, 0.15) is 30.9 Å². The van der Waals surface area contributed by atoms with Gasteiger partial charge in [0.05, 0.1) is 5.92 Å². The summed E-state index contributed by atoms with van der Waals surface area (Å²) < 4.78 is 0. The fourth-order valence-corrected chi connectivity index (χ4v) is 2.56. The van der Waals surface area contributed by atoms with E-state index in [-0.39, 0.29) is 11.8 Å². The molecule has 1 aliphatic carbocycles. The Kier molecular flexibility index (Phi) is 4.37. The molecule has 1 aromatic carbocycles. The number of carbonyl (C=O) groups is 1. The highest BCUT2D eigenvalue weighted by Crippen LogP contribution is 2.25. The van der Waals surface area contributed by atoms with Crippen molar-refractivity contribution < 1.29 is 4.79 Å². The predicted octanol–water partition coefficient (Wildman–Crippen LogP) is 2.36. The summed E-state index contributed by atoms with van der Waals surface area (Å²) in [7, 11) is 1.88. The lowest BCUT2D eigenvalue weighted by atomic mass is 10.1. The molecule has 2 N–H and O–H groups in total. The quantitative estimate of drug-likeness (QED) is 0.837. The Balaban J connectivity index is 2.02. The van der Waals surface area contributed by atoms with Gasteiger partial charge in [-0.3, -0.25) is 4.79 Å². The predicted molar refractivity (Wildman–Crippen MR) is 74.8 cm³/mol. The third kappa shape index (κ3) is 2.91. The van der Waals surface area contributed by atoms with Crippen LogP contribution in [0.2, 0.25) is 0 Å². The second-order valence-corrected chi connectivity index (χ2v) is 4.99. The number of fused-ring (bicyclic) bond motifs is 1. The number of rotatable bonds is 5. The van der Waals surface area contributed by atoms with Gasteiger partial charge in [-0.05, 0) is 56.0 Å². The molecule has 0 aliphatic heterocycles. The summed E-state index contributed by atoms with van der Waals surface area (Å²) >= 11 is 0. The van der Waals surface area contributed by atoms with Crippen LogP contribution in [0, 0.1) is 5.92 Å². The fourth-order valence-electron chi connectivity index (χ4n) is 2.56. The molecule has 3 heteroatoms. The van der Waals surface area contributed by atoms with Gasteiger partial charge in [0.25, 0.3) is 0 Å². The summed E-state index contributed by atoms with van der Waals surface area (Å²) in [5, 5.41) is 6.09. The van der Waals surface area contributed by atoms with Crippen molar-refractivity contribution in [3.05, 3.63) is 29.3 Å². The Morgan fingerprint density at radius 3 is 2.83 bits per heavy atom. The van der Waals surface area contributed by atoms with E-state index in [0.29, 0.717) is 0 Å². The van der Waals surface area contributed by atoms with Gasteiger partial charge >= 0.3 is 0 Å². The maximum Gasteiger partial charge on any atom is 0.228 e. The molecular weight excluding hydrogens is 224 g/mol. The highest BCUT2D eigenvalue weighted by Gasteiger charge is 2.16. The molecule has 2 rings (SSSR count). The minimum Gasteiger partial charge on any atom is -0.326 e. The summed E-state index contributed by atoms with van der Waals surface area (Å²) in [4.78, 5) is 12.1. The van der Waals surface area contributed by atoms with E-state index >= 15 is 0 Å². The van der Waals surface area contributed by atoms with E-state index in [1.165, 1.54) is 24.0 Å². The van der Waals surface area contributed by atoms with Crippen molar-refractivity contribution in [2.24, 2.45) is 5.92 Å². The molecular formula is C15H22N2O. The topological polar surface area (TPSA) is 41.1 Å². The first kappa shape index (κ1) is 13.1. The van der Waals surface area contributed by atoms with E-state index in [1.54, 1.807) is 0 Å². The summed E-state index contributed by atoms with van der Waals surface area (Å²) in [6.07, 6.45) is 4.43. The lowest BCUT2D eigenvalue weighted by Crippen LogP contribution is -2.30. The van der Waals surface area contributed by atoms with Crippen LogP contribution in [-0.2, 0) is 17.6 Å². The maximum atomic E-state index is 12.1. The van der Waals surface area contributed by atoms with Crippen molar-refractivity contribution in [2.45, 2.75) is 32.6 Å². The lowest BCUT2D eigenvalue weighted by Gasteiger charge is -2.15. The molecule has 0 heterocycles. The van der Waals surface area contributed by atoms with Gasteiger partial charge in [-0.15, -0.1) is 0 Å². The van der Waals surface area contributed by atoms with Crippen LogP contribution in [-0.4, -0.2) is 19.5 Å². The summed E-state index contributed by atoms with van der Waals surface area (Å²) in [5.74, 6) is 0.160. The minimum absolute atomic E-state index is 0.0447. The summed E-state index contributed by atoms with van der Waals surface area (Å²) in [5.41, 5.74) is 3.78. The standard InChI is InChI=1S/C15H22N2O/c1-3-11(10-16-2)15(18)17-14-8-7-12-5-4-6-13(12)9-14/h7-9,11,16H,3-6,10H2,1-2H3,(H,17,18). The van der Waals surface area contributed by atoms with Crippen LogP contribution >= 0.6 is 0 Å². The van der Waals surface area contributed by atoms with Crippen LogP contribution < -0.4 is 10.6 Å². The molecule has 98 valence electrons. The van der Waals surface area contributed by atoms with Crippen molar-refractivity contribution >= 4 is 11.6 Å². The molecule has 1 amide bonds. The highest BCUT2D eigenvalue weighted by atomic mass is 16.1. The van der Waals surface area contributed by atoms with E-state index in [9.17, 15) is 4.79 Å². The molecule has 3 nitrogen and oxygen atoms in total. The van der Waals surface area contributed by atoms with E-state index in [1.807, 2.05) is 20.0 Å². The zero-order valence-electron chi connectivity index (χ0n) is 11.3. The van der Waals surface area contributed by atoms with Crippen molar-refractivity contribution in [1.82, 2.24) is 5.32 Å². The van der Waals surface area contributed by atoms with Crippen LogP contribution in [0.3, 0.4) is 0 Å². The molecule has 0 saturated carbocycles. The van der Waals surface area contributed by atoms with Gasteiger partial charge in [0.15, 0.2) is 0 Å². The molecule has 1 aromatic rings. The average Bonchev–Trinajstić information content (AvgIpc) is 2.83. The Bertz CT molecular complexity index is 429. The molecule has 0 bridgehead atoms. The number of hydrogen-bond acceptors (Lipinski definition) is 2. The van der Waals surface area contributed by atoms with Crippen LogP contribution in [0.4, 0.5) is 5.69 Å². The van der Waals surface area contributed by atoms with E-state index in [2.05, 4.69) is 22.8 Å². The van der Waals surface area contributed by atoms with Gasteiger partial charge in [0.1, 0.15) is 0 Å². The highest BCUT2D eigenvalue weighted by molar-refractivity contribution is 5.92. The Morgan fingerprint density at radius 2 is 2.11 bits per heavy atom. The zero-order chi connectivity index (χ0) is 13.0. The molecule has 0 aromatic heterocycles. The first-order valence-electron chi connectivity index (χ1n) is 6.82. The molecule has 1 aliphatic rings. The van der Waals surface area contributed by atoms with Crippen molar-refractivity contribution in [3.63, 3.8) is 0 Å². The fraction of sp³-hybridized carbons (Fsp3) is 0.533. The van der Waals surface area contributed by atoms with Crippen molar-refractivity contribution in [1.29, 1.82) is 0 Å². The van der Waals surface area contributed by atoms with Gasteiger partial charge in [-0.1, -0.05) is 13.0 Å². The molecule has 1 unspecified atom stereocenters. The second-order valence-electron chi connectivity index (χ2n) is 4.99. The number of nitrogens with one attached hydrogen (secondary N) is 2. The van der Waals surface area contributed by atoms with Gasteiger partial charge < -0.3 is 10.6 Å². The number of benzene rings is 1. The van der Waals surface area contributed by atoms with Crippen LogP contribution in [0.15, 0.2) is 18.2 Å². The van der Waals surface area contributed by atoms with E-state index in [0.717, 1.165) is 25.1 Å². The van der Waals surface area contributed by atoms with Gasteiger partial charge in [-0.2, -0.15) is 0 Å². The normalized spacial score (nSPS) is 15.2. The molecule has 0 spiro atoms. The van der Waals surface area contributed by atoms with Gasteiger partial charge in [-0.25, -0.2) is 0 Å². The lowest BCUT2D eigenvalue weighted by molar-refractivity contribution is -0.119. The number of amides is 1. The van der Waals surface area contributed by atoms with E-state index < -0.39 is 0 Å². The van der Waals surface area contributed by atoms with E-state index in [4.69, 9.17) is 0 Å². The Morgan fingerprint density at radius 1 is 1.33 bits per heavy atom. The average molecular weight is 246 g/mol. The molecule has 1 atom stereocenters. The number of aryl methyl sites for hydroxylation is 2. The van der Waals surface area contributed by atoms with Crippen molar-refractivity contribution in [2.75, 3.05) is 18.9 Å². The first-order valence-corrected chi connectivity index (χ1v) is 6.82. The smallest absolute Gasteiger partial charge is 0.228 e. The molecule has 0 saturated heterocycles. The minimum atomic E-state index is 0.0447. The second kappa shape index (κ2) is 6.01. The van der Waals surface area contributed by atoms with Gasteiger partial charge in [0, 0.05) is 12.2 Å². The largest absolute Gasteiger partial charge is 0.326 e. The monoisotopic (exact) mass is 246 g/mol.